The van der Waals surface area contributed by atoms with E-state index in [2.05, 4.69) is 13.2 Å². The minimum atomic E-state index is -0.944. The summed E-state index contributed by atoms with van der Waals surface area (Å²) < 4.78 is 5.02. The van der Waals surface area contributed by atoms with Crippen molar-refractivity contribution < 1.29 is 19.4 Å². The van der Waals surface area contributed by atoms with Crippen LogP contribution in [-0.2, 0) is 14.3 Å². The Morgan fingerprint density at radius 1 is 0.656 bits per heavy atom. The molecule has 0 aromatic heterocycles. The first-order chi connectivity index (χ1) is 15.6. The van der Waals surface area contributed by atoms with Crippen molar-refractivity contribution in [1.29, 1.82) is 0 Å². The highest BCUT2D eigenvalue weighted by Crippen LogP contribution is 2.18. The van der Waals surface area contributed by atoms with E-state index in [9.17, 15) is 9.59 Å². The Balaban J connectivity index is 3.42. The maximum Gasteiger partial charge on any atom is 0.309 e. The molecule has 186 valence electrons. The number of carboxylic acids is 1. The van der Waals surface area contributed by atoms with Gasteiger partial charge in [0.2, 0.25) is 0 Å². The van der Waals surface area contributed by atoms with E-state index in [1.165, 1.54) is 102 Å². The van der Waals surface area contributed by atoms with E-state index in [1.807, 2.05) is 6.08 Å². The molecule has 4 nitrogen and oxygen atoms in total. The SMILES string of the molecule is C=CCCCCCCCCCCCCCCCCCCCC(CC(=O)O)C(=O)OCC=C. The molecular formula is C28H50O4. The third kappa shape index (κ3) is 21.6. The molecule has 0 saturated carbocycles. The summed E-state index contributed by atoms with van der Waals surface area (Å²) in [6.45, 7) is 7.43. The number of ether oxygens (including phenoxy) is 1. The predicted octanol–water partition coefficient (Wildman–Crippen LogP) is 8.40. The van der Waals surface area contributed by atoms with Gasteiger partial charge in [-0.05, 0) is 19.3 Å². The van der Waals surface area contributed by atoms with Gasteiger partial charge in [-0.3, -0.25) is 9.59 Å². The van der Waals surface area contributed by atoms with Gasteiger partial charge in [-0.2, -0.15) is 0 Å². The third-order valence-corrected chi connectivity index (χ3v) is 6.06. The molecule has 32 heavy (non-hydrogen) atoms. The molecule has 1 unspecified atom stereocenters. The molecule has 0 spiro atoms. The fourth-order valence-corrected chi connectivity index (χ4v) is 4.10. The van der Waals surface area contributed by atoms with Gasteiger partial charge in [0.15, 0.2) is 0 Å². The van der Waals surface area contributed by atoms with Crippen LogP contribution in [0, 0.1) is 5.92 Å². The molecule has 4 heteroatoms. The number of carbonyl (C=O) groups is 2. The van der Waals surface area contributed by atoms with Gasteiger partial charge in [-0.15, -0.1) is 6.58 Å². The Labute approximate surface area is 197 Å². The normalized spacial score (nSPS) is 11.8. The molecule has 0 fully saturated rings. The maximum atomic E-state index is 11.9. The highest BCUT2D eigenvalue weighted by Gasteiger charge is 2.22. The van der Waals surface area contributed by atoms with Crippen molar-refractivity contribution in [3.05, 3.63) is 25.3 Å². The zero-order valence-electron chi connectivity index (χ0n) is 20.7. The van der Waals surface area contributed by atoms with Gasteiger partial charge in [-0.1, -0.05) is 121 Å². The minimum Gasteiger partial charge on any atom is -0.481 e. The van der Waals surface area contributed by atoms with Crippen LogP contribution in [0.25, 0.3) is 0 Å². The number of aliphatic carboxylic acids is 1. The largest absolute Gasteiger partial charge is 0.481 e. The van der Waals surface area contributed by atoms with Crippen LogP contribution in [0.1, 0.15) is 128 Å². The van der Waals surface area contributed by atoms with Crippen LogP contribution in [0.15, 0.2) is 25.3 Å². The lowest BCUT2D eigenvalue weighted by Gasteiger charge is -2.13. The number of carbonyl (C=O) groups excluding carboxylic acids is 1. The van der Waals surface area contributed by atoms with E-state index >= 15 is 0 Å². The second-order valence-corrected chi connectivity index (χ2v) is 9.09. The Morgan fingerprint density at radius 2 is 1.06 bits per heavy atom. The summed E-state index contributed by atoms with van der Waals surface area (Å²) in [5, 5.41) is 8.99. The monoisotopic (exact) mass is 450 g/mol. The van der Waals surface area contributed by atoms with Crippen LogP contribution >= 0.6 is 0 Å². The Morgan fingerprint density at radius 3 is 1.44 bits per heavy atom. The lowest BCUT2D eigenvalue weighted by Crippen LogP contribution is -2.21. The third-order valence-electron chi connectivity index (χ3n) is 6.06. The molecule has 0 radical (unpaired) electrons. The smallest absolute Gasteiger partial charge is 0.309 e. The summed E-state index contributed by atoms with van der Waals surface area (Å²) in [7, 11) is 0. The number of carboxylic acid groups (broad SMARTS) is 1. The summed E-state index contributed by atoms with van der Waals surface area (Å²) >= 11 is 0. The van der Waals surface area contributed by atoms with Crippen LogP contribution in [0.5, 0.6) is 0 Å². The average molecular weight is 451 g/mol. The van der Waals surface area contributed by atoms with E-state index in [1.54, 1.807) is 0 Å². The number of hydrogen-bond donors (Lipinski definition) is 1. The van der Waals surface area contributed by atoms with Crippen molar-refractivity contribution in [1.82, 2.24) is 0 Å². The van der Waals surface area contributed by atoms with Crippen molar-refractivity contribution in [3.8, 4) is 0 Å². The van der Waals surface area contributed by atoms with Crippen LogP contribution < -0.4 is 0 Å². The second kappa shape index (κ2) is 24.1. The summed E-state index contributed by atoms with van der Waals surface area (Å²) in [5.41, 5.74) is 0. The predicted molar refractivity (Wildman–Crippen MR) is 135 cm³/mol. The fraction of sp³-hybridized carbons (Fsp3) is 0.786. The molecule has 0 aliphatic rings. The molecule has 0 saturated heterocycles. The maximum absolute atomic E-state index is 11.9. The highest BCUT2D eigenvalue weighted by atomic mass is 16.5. The average Bonchev–Trinajstić information content (AvgIpc) is 2.77. The van der Waals surface area contributed by atoms with Crippen molar-refractivity contribution in [2.75, 3.05) is 6.61 Å². The number of unbranched alkanes of at least 4 members (excludes halogenated alkanes) is 17. The lowest BCUT2D eigenvalue weighted by molar-refractivity contribution is -0.152. The van der Waals surface area contributed by atoms with E-state index in [4.69, 9.17) is 9.84 Å². The quantitative estimate of drug-likeness (QED) is 0.0861. The molecule has 1 N–H and O–H groups in total. The van der Waals surface area contributed by atoms with Gasteiger partial charge < -0.3 is 9.84 Å². The Bertz CT molecular complexity index is 472. The molecule has 0 aromatic rings. The van der Waals surface area contributed by atoms with Crippen molar-refractivity contribution in [3.63, 3.8) is 0 Å². The van der Waals surface area contributed by atoms with E-state index in [0.717, 1.165) is 19.3 Å². The van der Waals surface area contributed by atoms with E-state index < -0.39 is 17.9 Å². The van der Waals surface area contributed by atoms with E-state index in [0.29, 0.717) is 6.42 Å². The molecule has 0 bridgehead atoms. The Hall–Kier alpha value is -1.58. The summed E-state index contributed by atoms with van der Waals surface area (Å²) in [4.78, 5) is 22.9. The first kappa shape index (κ1) is 30.4. The van der Waals surface area contributed by atoms with Gasteiger partial charge in [0, 0.05) is 0 Å². The van der Waals surface area contributed by atoms with Gasteiger partial charge in [0.05, 0.1) is 12.3 Å². The number of hydrogen-bond acceptors (Lipinski definition) is 3. The van der Waals surface area contributed by atoms with Crippen molar-refractivity contribution in [2.45, 2.75) is 128 Å². The molecule has 0 heterocycles. The summed E-state index contributed by atoms with van der Waals surface area (Å²) in [6.07, 6.45) is 27.2. The van der Waals surface area contributed by atoms with Gasteiger partial charge >= 0.3 is 11.9 Å². The zero-order chi connectivity index (χ0) is 23.7. The summed E-state index contributed by atoms with van der Waals surface area (Å²) in [6, 6.07) is 0. The molecule has 0 rings (SSSR count). The molecule has 0 amide bonds. The first-order valence-electron chi connectivity index (χ1n) is 13.2. The van der Waals surface area contributed by atoms with Crippen molar-refractivity contribution >= 4 is 11.9 Å². The van der Waals surface area contributed by atoms with Gasteiger partial charge in [-0.25, -0.2) is 0 Å². The van der Waals surface area contributed by atoms with Gasteiger partial charge in [0.1, 0.15) is 6.61 Å². The van der Waals surface area contributed by atoms with E-state index in [-0.39, 0.29) is 13.0 Å². The standard InChI is InChI=1S/C28H50O4/c1-3-5-6-7-8-9-10-11-12-13-14-15-16-17-18-19-20-21-22-23-26(25-27(29)30)28(31)32-24-4-2/h3-4,26H,1-2,5-25H2,(H,29,30). The highest BCUT2D eigenvalue weighted by molar-refractivity contribution is 5.79. The van der Waals surface area contributed by atoms with Crippen LogP contribution in [0.2, 0.25) is 0 Å². The zero-order valence-corrected chi connectivity index (χ0v) is 20.7. The molecule has 0 aliphatic heterocycles. The minimum absolute atomic E-state index is 0.145. The topological polar surface area (TPSA) is 63.6 Å². The van der Waals surface area contributed by atoms with Crippen LogP contribution in [-0.4, -0.2) is 23.7 Å². The molecule has 0 aliphatic carbocycles. The molecule has 0 aromatic carbocycles. The van der Waals surface area contributed by atoms with Crippen LogP contribution in [0.3, 0.4) is 0 Å². The number of esters is 1. The fourth-order valence-electron chi connectivity index (χ4n) is 4.10. The number of rotatable bonds is 25. The molecular weight excluding hydrogens is 400 g/mol. The second-order valence-electron chi connectivity index (χ2n) is 9.09. The van der Waals surface area contributed by atoms with Crippen molar-refractivity contribution in [2.24, 2.45) is 5.92 Å². The summed E-state index contributed by atoms with van der Waals surface area (Å²) in [5.74, 6) is -1.89. The lowest BCUT2D eigenvalue weighted by atomic mass is 9.97. The number of allylic oxidation sites excluding steroid dienone is 1. The van der Waals surface area contributed by atoms with Crippen LogP contribution in [0.4, 0.5) is 0 Å². The van der Waals surface area contributed by atoms with Gasteiger partial charge in [0.25, 0.3) is 0 Å². The Kier molecular flexibility index (Phi) is 22.9. The molecule has 1 atom stereocenters. The first-order valence-corrected chi connectivity index (χ1v) is 13.2.